The number of aryl methyl sites for hydroxylation is 1. The Morgan fingerprint density at radius 1 is 1.35 bits per heavy atom. The summed E-state index contributed by atoms with van der Waals surface area (Å²) < 4.78 is 1.69. The Morgan fingerprint density at radius 3 is 2.78 bits per heavy atom. The maximum atomic E-state index is 12.3. The van der Waals surface area contributed by atoms with Crippen molar-refractivity contribution in [3.05, 3.63) is 54.1 Å². The molecule has 0 saturated carbocycles. The lowest BCUT2D eigenvalue weighted by molar-refractivity contribution is 0.0913. The first-order valence-electron chi connectivity index (χ1n) is 7.81. The van der Waals surface area contributed by atoms with Crippen LogP contribution in [-0.2, 0) is 13.6 Å². The van der Waals surface area contributed by atoms with Gasteiger partial charge in [0.2, 0.25) is 0 Å². The molecule has 23 heavy (non-hydrogen) atoms. The van der Waals surface area contributed by atoms with Gasteiger partial charge in [0.15, 0.2) is 0 Å². The van der Waals surface area contributed by atoms with Crippen LogP contribution in [0, 0.1) is 5.92 Å². The molecule has 122 valence electrons. The fourth-order valence-corrected chi connectivity index (χ4v) is 3.10. The zero-order valence-electron chi connectivity index (χ0n) is 13.2. The molecule has 1 aliphatic rings. The molecule has 0 spiro atoms. The maximum absolute atomic E-state index is 12.3. The van der Waals surface area contributed by atoms with Gasteiger partial charge < -0.3 is 15.0 Å². The van der Waals surface area contributed by atoms with E-state index in [1.54, 1.807) is 24.1 Å². The summed E-state index contributed by atoms with van der Waals surface area (Å²) in [6.07, 6.45) is 3.16. The number of carbonyl (C=O) groups excluding carboxylic acids is 1. The largest absolute Gasteiger partial charge is 0.396 e. The number of rotatable bonds is 5. The number of imidazole rings is 1. The second kappa shape index (κ2) is 6.93. The zero-order chi connectivity index (χ0) is 16.2. The Balaban J connectivity index is 1.63. The van der Waals surface area contributed by atoms with Crippen LogP contribution < -0.4 is 5.32 Å². The number of carbonyl (C=O) groups is 1. The molecule has 2 heterocycles. The summed E-state index contributed by atoms with van der Waals surface area (Å²) in [6, 6.07) is 10.2. The van der Waals surface area contributed by atoms with Gasteiger partial charge in [-0.25, -0.2) is 4.98 Å². The van der Waals surface area contributed by atoms with E-state index >= 15 is 0 Å². The number of hydrogen-bond acceptors (Lipinski definition) is 4. The quantitative estimate of drug-likeness (QED) is 0.850. The van der Waals surface area contributed by atoms with Gasteiger partial charge in [-0.05, 0) is 5.56 Å². The number of hydrogen-bond donors (Lipinski definition) is 2. The van der Waals surface area contributed by atoms with E-state index < -0.39 is 0 Å². The molecule has 2 aromatic rings. The first-order chi connectivity index (χ1) is 11.2. The molecule has 1 aromatic carbocycles. The fourth-order valence-electron chi connectivity index (χ4n) is 3.10. The van der Waals surface area contributed by atoms with Gasteiger partial charge in [-0.3, -0.25) is 9.69 Å². The first-order valence-corrected chi connectivity index (χ1v) is 7.81. The third-order valence-corrected chi connectivity index (χ3v) is 4.37. The summed E-state index contributed by atoms with van der Waals surface area (Å²) in [5.74, 6) is -0.0918. The van der Waals surface area contributed by atoms with Gasteiger partial charge in [0.1, 0.15) is 5.69 Å². The molecule has 6 nitrogen and oxygen atoms in total. The van der Waals surface area contributed by atoms with Crippen LogP contribution in [0.1, 0.15) is 16.1 Å². The summed E-state index contributed by atoms with van der Waals surface area (Å²) in [5.41, 5.74) is 1.77. The lowest BCUT2D eigenvalue weighted by atomic mass is 10.1. The smallest absolute Gasteiger partial charge is 0.269 e. The van der Waals surface area contributed by atoms with Crippen LogP contribution in [0.4, 0.5) is 0 Å². The van der Waals surface area contributed by atoms with Gasteiger partial charge in [0.25, 0.3) is 5.91 Å². The van der Waals surface area contributed by atoms with Crippen LogP contribution in [0.15, 0.2) is 42.9 Å². The number of nitrogens with one attached hydrogen (secondary N) is 1. The standard InChI is InChI=1S/C17H22N4O2/c1-20-12-18-7-16(20)17(23)19-15-10-21(9-14(15)11-22)8-13-5-3-2-4-6-13/h2-7,12,14-15,22H,8-11H2,1H3,(H,19,23)/t14-,15+/m0/s1. The number of aliphatic hydroxyl groups is 1. The Labute approximate surface area is 135 Å². The van der Waals surface area contributed by atoms with Crippen molar-refractivity contribution < 1.29 is 9.90 Å². The van der Waals surface area contributed by atoms with Crippen molar-refractivity contribution in [3.63, 3.8) is 0 Å². The van der Waals surface area contributed by atoms with E-state index in [9.17, 15) is 9.90 Å². The molecule has 1 aliphatic heterocycles. The SMILES string of the molecule is Cn1cncc1C(=O)N[C@@H]1CN(Cc2ccccc2)C[C@H]1CO. The van der Waals surface area contributed by atoms with Gasteiger partial charge in [-0.2, -0.15) is 0 Å². The molecule has 1 fully saturated rings. The van der Waals surface area contributed by atoms with Gasteiger partial charge >= 0.3 is 0 Å². The van der Waals surface area contributed by atoms with E-state index in [1.807, 2.05) is 18.2 Å². The molecule has 0 unspecified atom stereocenters. The molecule has 1 aromatic heterocycles. The first kappa shape index (κ1) is 15.7. The van der Waals surface area contributed by atoms with Crippen LogP contribution >= 0.6 is 0 Å². The van der Waals surface area contributed by atoms with Gasteiger partial charge in [-0.15, -0.1) is 0 Å². The van der Waals surface area contributed by atoms with Crippen LogP contribution in [0.5, 0.6) is 0 Å². The fraction of sp³-hybridized carbons (Fsp3) is 0.412. The Hall–Kier alpha value is -2.18. The highest BCUT2D eigenvalue weighted by Crippen LogP contribution is 2.19. The van der Waals surface area contributed by atoms with Gasteiger partial charge in [0, 0.05) is 45.2 Å². The second-order valence-electron chi connectivity index (χ2n) is 6.09. The van der Waals surface area contributed by atoms with E-state index in [-0.39, 0.29) is 24.5 Å². The van der Waals surface area contributed by atoms with E-state index in [2.05, 4.69) is 27.3 Å². The van der Waals surface area contributed by atoms with E-state index in [0.29, 0.717) is 5.69 Å². The lowest BCUT2D eigenvalue weighted by Gasteiger charge is -2.18. The number of likely N-dealkylation sites (tertiary alicyclic amines) is 1. The summed E-state index contributed by atoms with van der Waals surface area (Å²) in [4.78, 5) is 18.6. The number of amides is 1. The average Bonchev–Trinajstić information content (AvgIpc) is 3.14. The van der Waals surface area contributed by atoms with Crippen LogP contribution in [0.3, 0.4) is 0 Å². The molecule has 2 atom stereocenters. The molecule has 6 heteroatoms. The maximum Gasteiger partial charge on any atom is 0.269 e. The van der Waals surface area contributed by atoms with Crippen molar-refractivity contribution in [2.75, 3.05) is 19.7 Å². The zero-order valence-corrected chi connectivity index (χ0v) is 13.2. The molecular formula is C17H22N4O2. The number of aromatic nitrogens is 2. The summed E-state index contributed by atoms with van der Waals surface area (Å²) in [7, 11) is 1.79. The van der Waals surface area contributed by atoms with Crippen molar-refractivity contribution in [2.24, 2.45) is 13.0 Å². The molecular weight excluding hydrogens is 292 g/mol. The topological polar surface area (TPSA) is 70.4 Å². The number of aliphatic hydroxyl groups excluding tert-OH is 1. The summed E-state index contributed by atoms with van der Waals surface area (Å²) in [5, 5.41) is 12.7. The Bertz CT molecular complexity index is 656. The second-order valence-corrected chi connectivity index (χ2v) is 6.09. The summed E-state index contributed by atoms with van der Waals surface area (Å²) in [6.45, 7) is 2.42. The van der Waals surface area contributed by atoms with Crippen LogP contribution in [0.25, 0.3) is 0 Å². The number of nitrogens with zero attached hydrogens (tertiary/aromatic N) is 3. The van der Waals surface area contributed by atoms with Gasteiger partial charge in [0.05, 0.1) is 12.5 Å². The normalized spacial score (nSPS) is 21.5. The molecule has 0 bridgehead atoms. The predicted octanol–water partition coefficient (Wildman–Crippen LogP) is 0.643. The molecule has 3 rings (SSSR count). The van der Waals surface area contributed by atoms with Crippen LogP contribution in [-0.4, -0.2) is 51.2 Å². The third-order valence-electron chi connectivity index (χ3n) is 4.37. The molecule has 1 amide bonds. The molecule has 0 radical (unpaired) electrons. The predicted molar refractivity (Wildman–Crippen MR) is 86.8 cm³/mol. The van der Waals surface area contributed by atoms with Crippen molar-refractivity contribution in [3.8, 4) is 0 Å². The minimum absolute atomic E-state index is 0.0499. The minimum Gasteiger partial charge on any atom is -0.396 e. The third kappa shape index (κ3) is 3.60. The molecule has 0 aliphatic carbocycles. The van der Waals surface area contributed by atoms with E-state index in [0.717, 1.165) is 19.6 Å². The lowest BCUT2D eigenvalue weighted by Crippen LogP contribution is -2.42. The van der Waals surface area contributed by atoms with Crippen molar-refractivity contribution >= 4 is 5.91 Å². The number of benzene rings is 1. The average molecular weight is 314 g/mol. The minimum atomic E-state index is -0.144. The Morgan fingerprint density at radius 2 is 2.13 bits per heavy atom. The van der Waals surface area contributed by atoms with Crippen molar-refractivity contribution in [1.82, 2.24) is 19.8 Å². The monoisotopic (exact) mass is 314 g/mol. The van der Waals surface area contributed by atoms with Crippen molar-refractivity contribution in [1.29, 1.82) is 0 Å². The highest BCUT2D eigenvalue weighted by Gasteiger charge is 2.33. The Kier molecular flexibility index (Phi) is 4.73. The molecule has 2 N–H and O–H groups in total. The summed E-state index contributed by atoms with van der Waals surface area (Å²) >= 11 is 0. The van der Waals surface area contributed by atoms with Crippen LogP contribution in [0.2, 0.25) is 0 Å². The highest BCUT2D eigenvalue weighted by atomic mass is 16.3. The highest BCUT2D eigenvalue weighted by molar-refractivity contribution is 5.92. The van der Waals surface area contributed by atoms with Crippen molar-refractivity contribution in [2.45, 2.75) is 12.6 Å². The van der Waals surface area contributed by atoms with Gasteiger partial charge in [-0.1, -0.05) is 30.3 Å². The molecule has 1 saturated heterocycles. The van der Waals surface area contributed by atoms with E-state index in [4.69, 9.17) is 0 Å². The van der Waals surface area contributed by atoms with E-state index in [1.165, 1.54) is 5.56 Å².